The van der Waals surface area contributed by atoms with Crippen LogP contribution in [0.2, 0.25) is 0 Å². The van der Waals surface area contributed by atoms with Crippen molar-refractivity contribution in [3.63, 3.8) is 0 Å². The Balaban J connectivity index is 1.29. The first-order valence-electron chi connectivity index (χ1n) is 11.5. The van der Waals surface area contributed by atoms with Crippen LogP contribution >= 0.6 is 0 Å². The van der Waals surface area contributed by atoms with Crippen LogP contribution in [0.3, 0.4) is 0 Å². The number of benzene rings is 2. The lowest BCUT2D eigenvalue weighted by molar-refractivity contribution is -0.116. The normalized spacial score (nSPS) is 15.1. The maximum atomic E-state index is 13.0. The SMILES string of the molecule is Cn1c(CCC(=O)Nc2ccc3ncccc3c2)nc2cc(S(=O)(=O)N3CCCCC3)ccc21. The number of nitrogens with one attached hydrogen (secondary N) is 1. The fourth-order valence-corrected chi connectivity index (χ4v) is 6.01. The molecule has 1 saturated heterocycles. The fourth-order valence-electron chi connectivity index (χ4n) is 4.47. The fraction of sp³-hybridized carbons (Fsp3) is 0.320. The molecule has 9 heteroatoms. The lowest BCUT2D eigenvalue weighted by Crippen LogP contribution is -2.35. The van der Waals surface area contributed by atoms with E-state index in [9.17, 15) is 13.2 Å². The zero-order valence-electron chi connectivity index (χ0n) is 19.1. The number of amides is 1. The van der Waals surface area contributed by atoms with Crippen molar-refractivity contribution in [1.82, 2.24) is 18.8 Å². The van der Waals surface area contributed by atoms with Gasteiger partial charge in [0.1, 0.15) is 5.82 Å². The summed E-state index contributed by atoms with van der Waals surface area (Å²) in [5.74, 6) is 0.629. The molecule has 8 nitrogen and oxygen atoms in total. The van der Waals surface area contributed by atoms with Crippen LogP contribution in [0.4, 0.5) is 5.69 Å². The number of sulfonamides is 1. The summed E-state index contributed by atoms with van der Waals surface area (Å²) in [6.07, 6.45) is 5.31. The molecule has 3 heterocycles. The number of aromatic nitrogens is 3. The largest absolute Gasteiger partial charge is 0.331 e. The standard InChI is InChI=1S/C25H27N5O3S/c1-29-23-10-8-20(34(32,33)30-14-3-2-4-15-30)17-22(23)28-24(29)11-12-25(31)27-19-7-9-21-18(16-19)6-5-13-26-21/h5-10,13,16-17H,2-4,11-12,14-15H2,1H3,(H,27,31). The van der Waals surface area contributed by atoms with Crippen molar-refractivity contribution in [2.45, 2.75) is 37.0 Å². The molecule has 0 unspecified atom stereocenters. The van der Waals surface area contributed by atoms with E-state index in [2.05, 4.69) is 15.3 Å². The Morgan fingerprint density at radius 3 is 2.68 bits per heavy atom. The van der Waals surface area contributed by atoms with Crippen LogP contribution in [0.15, 0.2) is 59.6 Å². The molecule has 2 aromatic heterocycles. The first-order chi connectivity index (χ1) is 16.4. The third-order valence-electron chi connectivity index (χ3n) is 6.36. The Hall–Kier alpha value is -3.30. The number of pyridine rings is 1. The van der Waals surface area contributed by atoms with Crippen LogP contribution < -0.4 is 5.32 Å². The zero-order valence-corrected chi connectivity index (χ0v) is 19.9. The average molecular weight is 478 g/mol. The Labute approximate surface area is 198 Å². The van der Waals surface area contributed by atoms with Gasteiger partial charge in [-0.05, 0) is 55.3 Å². The molecule has 4 aromatic rings. The Kier molecular flexibility index (Phi) is 6.05. The lowest BCUT2D eigenvalue weighted by Gasteiger charge is -2.25. The van der Waals surface area contributed by atoms with Crippen molar-refractivity contribution < 1.29 is 13.2 Å². The molecule has 1 amide bonds. The molecule has 34 heavy (non-hydrogen) atoms. The highest BCUT2D eigenvalue weighted by atomic mass is 32.2. The molecule has 1 N–H and O–H groups in total. The number of anilines is 1. The summed E-state index contributed by atoms with van der Waals surface area (Å²) in [6, 6.07) is 14.5. The first kappa shape index (κ1) is 22.5. The summed E-state index contributed by atoms with van der Waals surface area (Å²) < 4.78 is 29.5. The van der Waals surface area contributed by atoms with Gasteiger partial charge < -0.3 is 9.88 Å². The molecule has 0 spiro atoms. The van der Waals surface area contributed by atoms with Crippen LogP contribution in [-0.2, 0) is 28.3 Å². The second-order valence-electron chi connectivity index (χ2n) is 8.66. The van der Waals surface area contributed by atoms with Gasteiger partial charge in [0.05, 0.1) is 21.4 Å². The van der Waals surface area contributed by atoms with E-state index in [1.165, 1.54) is 0 Å². The van der Waals surface area contributed by atoms with Gasteiger partial charge in [0.25, 0.3) is 0 Å². The summed E-state index contributed by atoms with van der Waals surface area (Å²) in [5, 5.41) is 3.90. The van der Waals surface area contributed by atoms with Crippen molar-refractivity contribution >= 4 is 43.6 Å². The van der Waals surface area contributed by atoms with Crippen LogP contribution in [-0.4, -0.2) is 46.3 Å². The van der Waals surface area contributed by atoms with E-state index in [0.717, 1.165) is 47.2 Å². The van der Waals surface area contributed by atoms with Crippen molar-refractivity contribution in [3.8, 4) is 0 Å². The molecule has 0 radical (unpaired) electrons. The monoisotopic (exact) mass is 477 g/mol. The van der Waals surface area contributed by atoms with E-state index >= 15 is 0 Å². The van der Waals surface area contributed by atoms with E-state index < -0.39 is 10.0 Å². The number of hydrogen-bond acceptors (Lipinski definition) is 5. The van der Waals surface area contributed by atoms with Gasteiger partial charge in [0.15, 0.2) is 0 Å². The summed E-state index contributed by atoms with van der Waals surface area (Å²) in [4.78, 5) is 21.8. The average Bonchev–Trinajstić information content (AvgIpc) is 3.18. The minimum absolute atomic E-state index is 0.108. The third kappa shape index (κ3) is 4.41. The quantitative estimate of drug-likeness (QED) is 0.455. The van der Waals surface area contributed by atoms with Gasteiger partial charge >= 0.3 is 0 Å². The molecule has 0 atom stereocenters. The number of imidazole rings is 1. The molecule has 1 fully saturated rings. The first-order valence-corrected chi connectivity index (χ1v) is 13.0. The maximum Gasteiger partial charge on any atom is 0.243 e. The molecule has 0 saturated carbocycles. The number of carbonyl (C=O) groups excluding carboxylic acids is 1. The van der Waals surface area contributed by atoms with E-state index in [0.29, 0.717) is 25.0 Å². The predicted molar refractivity (Wildman–Crippen MR) is 132 cm³/mol. The lowest BCUT2D eigenvalue weighted by atomic mass is 10.2. The Bertz CT molecular complexity index is 1470. The zero-order chi connectivity index (χ0) is 23.7. The van der Waals surface area contributed by atoms with Gasteiger partial charge in [-0.1, -0.05) is 12.5 Å². The predicted octanol–water partition coefficient (Wildman–Crippen LogP) is 3.87. The van der Waals surface area contributed by atoms with Crippen LogP contribution in [0.1, 0.15) is 31.5 Å². The molecule has 5 rings (SSSR count). The number of fused-ring (bicyclic) bond motifs is 2. The highest BCUT2D eigenvalue weighted by Crippen LogP contribution is 2.25. The summed E-state index contributed by atoms with van der Waals surface area (Å²) >= 11 is 0. The third-order valence-corrected chi connectivity index (χ3v) is 8.25. The van der Waals surface area contributed by atoms with Gasteiger partial charge in [0, 0.05) is 50.2 Å². The topological polar surface area (TPSA) is 97.2 Å². The number of aryl methyl sites for hydroxylation is 2. The van der Waals surface area contributed by atoms with E-state index in [1.807, 2.05) is 41.9 Å². The van der Waals surface area contributed by atoms with Gasteiger partial charge in [-0.15, -0.1) is 0 Å². The van der Waals surface area contributed by atoms with E-state index in [-0.39, 0.29) is 17.2 Å². The molecular weight excluding hydrogens is 450 g/mol. The Morgan fingerprint density at radius 1 is 1.03 bits per heavy atom. The number of nitrogens with zero attached hydrogens (tertiary/aromatic N) is 4. The molecule has 2 aromatic carbocycles. The molecular formula is C25H27N5O3S. The molecule has 176 valence electrons. The van der Waals surface area contributed by atoms with E-state index in [1.54, 1.807) is 28.7 Å². The minimum atomic E-state index is -3.52. The van der Waals surface area contributed by atoms with Crippen molar-refractivity contribution in [1.29, 1.82) is 0 Å². The molecule has 1 aliphatic heterocycles. The number of piperidine rings is 1. The van der Waals surface area contributed by atoms with Gasteiger partial charge in [-0.25, -0.2) is 13.4 Å². The van der Waals surface area contributed by atoms with E-state index in [4.69, 9.17) is 0 Å². The van der Waals surface area contributed by atoms with Gasteiger partial charge in [0.2, 0.25) is 15.9 Å². The highest BCUT2D eigenvalue weighted by molar-refractivity contribution is 7.89. The van der Waals surface area contributed by atoms with Crippen LogP contribution in [0.5, 0.6) is 0 Å². The van der Waals surface area contributed by atoms with Gasteiger partial charge in [-0.3, -0.25) is 9.78 Å². The Morgan fingerprint density at radius 2 is 1.85 bits per heavy atom. The van der Waals surface area contributed by atoms with Crippen molar-refractivity contribution in [3.05, 3.63) is 60.6 Å². The minimum Gasteiger partial charge on any atom is -0.331 e. The maximum absolute atomic E-state index is 13.0. The molecule has 0 bridgehead atoms. The van der Waals surface area contributed by atoms with Crippen LogP contribution in [0, 0.1) is 0 Å². The second-order valence-corrected chi connectivity index (χ2v) is 10.6. The summed E-state index contributed by atoms with van der Waals surface area (Å²) in [5.41, 5.74) is 3.07. The van der Waals surface area contributed by atoms with Crippen molar-refractivity contribution in [2.24, 2.45) is 7.05 Å². The molecule has 1 aliphatic rings. The number of rotatable bonds is 6. The summed E-state index contributed by atoms with van der Waals surface area (Å²) in [6.45, 7) is 1.13. The smallest absolute Gasteiger partial charge is 0.243 e. The van der Waals surface area contributed by atoms with Gasteiger partial charge in [-0.2, -0.15) is 4.31 Å². The second kappa shape index (κ2) is 9.15. The van der Waals surface area contributed by atoms with Crippen molar-refractivity contribution in [2.75, 3.05) is 18.4 Å². The van der Waals surface area contributed by atoms with Crippen LogP contribution in [0.25, 0.3) is 21.9 Å². The highest BCUT2D eigenvalue weighted by Gasteiger charge is 2.26. The number of carbonyl (C=O) groups is 1. The summed E-state index contributed by atoms with van der Waals surface area (Å²) in [7, 11) is -1.63. The molecule has 0 aliphatic carbocycles. The number of hydrogen-bond donors (Lipinski definition) is 1.